The molecule has 7 heteroatoms. The van der Waals surface area contributed by atoms with Crippen molar-refractivity contribution in [2.75, 3.05) is 7.11 Å². The van der Waals surface area contributed by atoms with Crippen molar-refractivity contribution in [1.82, 2.24) is 9.66 Å². The van der Waals surface area contributed by atoms with E-state index in [2.05, 4.69) is 32.6 Å². The van der Waals surface area contributed by atoms with Crippen molar-refractivity contribution in [1.29, 1.82) is 0 Å². The van der Waals surface area contributed by atoms with E-state index in [1.54, 1.807) is 30.5 Å². The Balaban J connectivity index is 2.14. The molecule has 0 aliphatic heterocycles. The Morgan fingerprint density at radius 2 is 2.14 bits per heavy atom. The van der Waals surface area contributed by atoms with Crippen molar-refractivity contribution in [3.05, 3.63) is 74.8 Å². The molecule has 0 spiro atoms. The van der Waals surface area contributed by atoms with Crippen LogP contribution in [0.1, 0.15) is 30.3 Å². The molecule has 0 bridgehead atoms. The predicted octanol–water partition coefficient (Wildman–Crippen LogP) is 4.44. The summed E-state index contributed by atoms with van der Waals surface area (Å²) >= 11 is 3.40. The lowest BCUT2D eigenvalue weighted by molar-refractivity contribution is 0.371. The number of halogens is 1. The Labute approximate surface area is 177 Å². The van der Waals surface area contributed by atoms with Gasteiger partial charge in [0, 0.05) is 16.5 Å². The Bertz CT molecular complexity index is 1150. The normalized spacial score (nSPS) is 11.3. The van der Waals surface area contributed by atoms with Gasteiger partial charge in [-0.3, -0.25) is 4.79 Å². The molecule has 2 aromatic carbocycles. The zero-order chi connectivity index (χ0) is 21.0. The van der Waals surface area contributed by atoms with Gasteiger partial charge >= 0.3 is 0 Å². The molecule has 6 nitrogen and oxygen atoms in total. The van der Waals surface area contributed by atoms with E-state index in [1.807, 2.05) is 19.1 Å². The van der Waals surface area contributed by atoms with Crippen LogP contribution in [0.5, 0.6) is 11.5 Å². The molecule has 1 N–H and O–H groups in total. The number of methoxy groups -OCH3 is 1. The molecule has 0 aliphatic carbocycles. The smallest absolute Gasteiger partial charge is 0.282 e. The highest BCUT2D eigenvalue weighted by atomic mass is 79.9. The fourth-order valence-corrected chi connectivity index (χ4v) is 3.42. The van der Waals surface area contributed by atoms with Crippen LogP contribution in [0, 0.1) is 0 Å². The predicted molar refractivity (Wildman–Crippen MR) is 119 cm³/mol. The fourth-order valence-electron chi connectivity index (χ4n) is 3.05. The maximum absolute atomic E-state index is 13.1. The van der Waals surface area contributed by atoms with Gasteiger partial charge in [0.15, 0.2) is 11.5 Å². The molecular weight excluding hydrogens is 434 g/mol. The number of allylic oxidation sites excluding steroid dienone is 1. The average molecular weight is 456 g/mol. The number of hydrogen-bond acceptors (Lipinski definition) is 5. The molecular formula is C22H22BrN3O3. The van der Waals surface area contributed by atoms with Crippen LogP contribution in [0.4, 0.5) is 0 Å². The first-order valence-corrected chi connectivity index (χ1v) is 10.0. The quantitative estimate of drug-likeness (QED) is 0.422. The van der Waals surface area contributed by atoms with Crippen LogP contribution >= 0.6 is 15.9 Å². The molecule has 0 atom stereocenters. The maximum Gasteiger partial charge on any atom is 0.282 e. The van der Waals surface area contributed by atoms with Gasteiger partial charge in [0.2, 0.25) is 0 Å². The van der Waals surface area contributed by atoms with Gasteiger partial charge in [0.05, 0.1) is 24.2 Å². The van der Waals surface area contributed by atoms with E-state index in [1.165, 1.54) is 11.8 Å². The van der Waals surface area contributed by atoms with Gasteiger partial charge in [0.25, 0.3) is 5.56 Å². The highest BCUT2D eigenvalue weighted by Crippen LogP contribution is 2.31. The Kier molecular flexibility index (Phi) is 6.49. The largest absolute Gasteiger partial charge is 0.504 e. The Morgan fingerprint density at radius 1 is 1.34 bits per heavy atom. The van der Waals surface area contributed by atoms with Crippen LogP contribution in [0.15, 0.2) is 57.4 Å². The number of aromatic nitrogens is 2. The number of benzene rings is 2. The Hall–Kier alpha value is -2.93. The second-order valence-corrected chi connectivity index (χ2v) is 7.44. The second-order valence-electron chi connectivity index (χ2n) is 6.52. The van der Waals surface area contributed by atoms with E-state index in [0.717, 1.165) is 10.9 Å². The molecule has 1 heterocycles. The number of aryl methyl sites for hydroxylation is 1. The van der Waals surface area contributed by atoms with Crippen LogP contribution in [-0.4, -0.2) is 28.1 Å². The van der Waals surface area contributed by atoms with Crippen LogP contribution < -0.4 is 10.3 Å². The minimum atomic E-state index is -0.229. The van der Waals surface area contributed by atoms with E-state index >= 15 is 0 Å². The summed E-state index contributed by atoms with van der Waals surface area (Å²) in [7, 11) is 1.49. The summed E-state index contributed by atoms with van der Waals surface area (Å²) < 4.78 is 7.39. The topological polar surface area (TPSA) is 76.7 Å². The second kappa shape index (κ2) is 9.05. The van der Waals surface area contributed by atoms with Crippen molar-refractivity contribution in [2.45, 2.75) is 26.2 Å². The molecule has 0 saturated carbocycles. The molecule has 29 heavy (non-hydrogen) atoms. The number of nitrogens with zero attached hydrogens (tertiary/aromatic N) is 3. The van der Waals surface area contributed by atoms with Crippen LogP contribution in [0.3, 0.4) is 0 Å². The monoisotopic (exact) mass is 455 g/mol. The van der Waals surface area contributed by atoms with Crippen molar-refractivity contribution in [3.63, 3.8) is 0 Å². The fraction of sp³-hybridized carbons (Fsp3) is 0.227. The van der Waals surface area contributed by atoms with Gasteiger partial charge in [-0.2, -0.15) is 9.78 Å². The van der Waals surface area contributed by atoms with Crippen LogP contribution in [-0.2, 0) is 12.8 Å². The lowest BCUT2D eigenvalue weighted by Gasteiger charge is -2.10. The molecule has 0 saturated heterocycles. The van der Waals surface area contributed by atoms with Crippen molar-refractivity contribution in [3.8, 4) is 11.5 Å². The van der Waals surface area contributed by atoms with Crippen LogP contribution in [0.25, 0.3) is 10.9 Å². The SMILES string of the molecule is C=CCc1cc(C=Nn2c(CCC)nc3ccc(Br)cc3c2=O)cc(OC)c1O. The number of rotatable bonds is 7. The molecule has 1 aromatic heterocycles. The number of fused-ring (bicyclic) bond motifs is 1. The number of phenolic OH excluding ortho intramolecular Hbond substituents is 1. The first-order chi connectivity index (χ1) is 14.0. The standard InChI is InChI=1S/C22H22BrN3O3/c1-4-6-15-10-14(11-19(29-3)21(15)27)13-24-26-20(7-5-2)25-18-9-8-16(23)12-17(18)22(26)28/h4,8-13,27H,1,5-7H2,2-3H3. The van der Waals surface area contributed by atoms with Gasteiger partial charge in [-0.15, -0.1) is 6.58 Å². The Morgan fingerprint density at radius 3 is 2.83 bits per heavy atom. The third kappa shape index (κ3) is 4.40. The summed E-state index contributed by atoms with van der Waals surface area (Å²) in [5.41, 5.74) is 1.78. The molecule has 0 aliphatic rings. The molecule has 3 aromatic rings. The molecule has 150 valence electrons. The number of phenols is 1. The minimum absolute atomic E-state index is 0.0746. The van der Waals surface area contributed by atoms with E-state index in [0.29, 0.717) is 46.4 Å². The molecule has 0 unspecified atom stereocenters. The molecule has 0 radical (unpaired) electrons. The number of aromatic hydroxyl groups is 1. The van der Waals surface area contributed by atoms with Gasteiger partial charge < -0.3 is 9.84 Å². The van der Waals surface area contributed by atoms with E-state index in [4.69, 9.17) is 4.74 Å². The van der Waals surface area contributed by atoms with Gasteiger partial charge in [-0.05, 0) is 48.7 Å². The third-order valence-electron chi connectivity index (χ3n) is 4.43. The average Bonchev–Trinajstić information content (AvgIpc) is 2.70. The van der Waals surface area contributed by atoms with Gasteiger partial charge in [-0.25, -0.2) is 4.98 Å². The summed E-state index contributed by atoms with van der Waals surface area (Å²) in [4.78, 5) is 17.7. The van der Waals surface area contributed by atoms with Crippen LogP contribution in [0.2, 0.25) is 0 Å². The summed E-state index contributed by atoms with van der Waals surface area (Å²) in [5.74, 6) is 1.01. The zero-order valence-electron chi connectivity index (χ0n) is 16.4. The molecule has 0 fully saturated rings. The highest BCUT2D eigenvalue weighted by molar-refractivity contribution is 9.10. The summed E-state index contributed by atoms with van der Waals surface area (Å²) in [6, 6.07) is 8.89. The van der Waals surface area contributed by atoms with E-state index in [9.17, 15) is 9.90 Å². The van der Waals surface area contributed by atoms with Gasteiger partial charge in [-0.1, -0.05) is 28.9 Å². The molecule has 0 amide bonds. The highest BCUT2D eigenvalue weighted by Gasteiger charge is 2.12. The minimum Gasteiger partial charge on any atom is -0.504 e. The van der Waals surface area contributed by atoms with E-state index < -0.39 is 0 Å². The number of ether oxygens (including phenoxy) is 1. The van der Waals surface area contributed by atoms with Crippen molar-refractivity contribution < 1.29 is 9.84 Å². The zero-order valence-corrected chi connectivity index (χ0v) is 17.9. The summed E-state index contributed by atoms with van der Waals surface area (Å²) in [5, 5.41) is 15.2. The number of hydrogen-bond donors (Lipinski definition) is 1. The summed E-state index contributed by atoms with van der Waals surface area (Å²) in [6.07, 6.45) is 5.21. The van der Waals surface area contributed by atoms with Crippen molar-refractivity contribution >= 4 is 33.0 Å². The first kappa shape index (κ1) is 20.8. The van der Waals surface area contributed by atoms with E-state index in [-0.39, 0.29) is 11.3 Å². The lowest BCUT2D eigenvalue weighted by atomic mass is 10.1. The summed E-state index contributed by atoms with van der Waals surface area (Å²) in [6.45, 7) is 5.74. The van der Waals surface area contributed by atoms with Crippen molar-refractivity contribution in [2.24, 2.45) is 5.10 Å². The van der Waals surface area contributed by atoms with Gasteiger partial charge in [0.1, 0.15) is 5.82 Å². The third-order valence-corrected chi connectivity index (χ3v) is 4.92. The molecule has 3 rings (SSSR count). The lowest BCUT2D eigenvalue weighted by Crippen LogP contribution is -2.22. The first-order valence-electron chi connectivity index (χ1n) is 9.24. The maximum atomic E-state index is 13.1.